The molecular weight excluding hydrogens is 594 g/mol. The van der Waals surface area contributed by atoms with Gasteiger partial charge in [-0.25, -0.2) is 0 Å². The van der Waals surface area contributed by atoms with Crippen LogP contribution >= 0.6 is 15.8 Å². The lowest BCUT2D eigenvalue weighted by Crippen LogP contribution is -2.28. The summed E-state index contributed by atoms with van der Waals surface area (Å²) in [6, 6.07) is 54.1. The molecule has 0 saturated carbocycles. The van der Waals surface area contributed by atoms with Crippen LogP contribution in [0.2, 0.25) is 0 Å². The van der Waals surface area contributed by atoms with Crippen molar-refractivity contribution in [2.75, 3.05) is 38.0 Å². The molecule has 230 valence electrons. The van der Waals surface area contributed by atoms with Gasteiger partial charge in [-0.15, -0.1) is 0 Å². The second-order valence-corrected chi connectivity index (χ2v) is 16.5. The van der Waals surface area contributed by atoms with Gasteiger partial charge in [-0.1, -0.05) is 121 Å². The highest BCUT2D eigenvalue weighted by atomic mass is 31.1. The SMILES string of the molecule is Cc1cc(N(C)C)cc(P(c2ccccc2)c2ccccc2)c1-c1c(C)cc(N(C)C)cc1P(c1ccccc1)c1ccccc1. The molecule has 6 rings (SSSR count). The number of benzene rings is 6. The van der Waals surface area contributed by atoms with Gasteiger partial charge in [0.25, 0.3) is 0 Å². The zero-order valence-corrected chi connectivity index (χ0v) is 29.4. The van der Waals surface area contributed by atoms with E-state index in [1.54, 1.807) is 0 Å². The molecule has 0 aromatic heterocycles. The minimum atomic E-state index is -0.850. The fourth-order valence-electron chi connectivity index (χ4n) is 6.18. The minimum Gasteiger partial charge on any atom is -0.378 e. The summed E-state index contributed by atoms with van der Waals surface area (Å²) in [5.74, 6) is 0. The average Bonchev–Trinajstić information content (AvgIpc) is 3.07. The molecule has 0 aliphatic rings. The molecule has 0 spiro atoms. The Balaban J connectivity index is 1.74. The first kappa shape index (κ1) is 31.7. The summed E-state index contributed by atoms with van der Waals surface area (Å²) >= 11 is 0. The highest BCUT2D eigenvalue weighted by molar-refractivity contribution is 7.80. The van der Waals surface area contributed by atoms with Gasteiger partial charge in [0, 0.05) is 39.6 Å². The lowest BCUT2D eigenvalue weighted by Gasteiger charge is -2.31. The summed E-state index contributed by atoms with van der Waals surface area (Å²) in [6.07, 6.45) is 0. The maximum atomic E-state index is 2.46. The van der Waals surface area contributed by atoms with Crippen LogP contribution in [0.5, 0.6) is 0 Å². The van der Waals surface area contributed by atoms with E-state index in [1.165, 1.54) is 65.5 Å². The summed E-state index contributed by atoms with van der Waals surface area (Å²) in [6.45, 7) is 4.62. The summed E-state index contributed by atoms with van der Waals surface area (Å²) in [4.78, 5) is 4.49. The number of hydrogen-bond acceptors (Lipinski definition) is 2. The fraction of sp³-hybridized carbons (Fsp3) is 0.143. The van der Waals surface area contributed by atoms with Crippen LogP contribution in [0.1, 0.15) is 11.1 Å². The van der Waals surface area contributed by atoms with Crippen molar-refractivity contribution in [3.05, 3.63) is 157 Å². The molecule has 46 heavy (non-hydrogen) atoms. The Kier molecular flexibility index (Phi) is 9.70. The predicted octanol–water partition coefficient (Wildman–Crippen LogP) is 7.62. The summed E-state index contributed by atoms with van der Waals surface area (Å²) in [5.41, 5.74) is 7.79. The van der Waals surface area contributed by atoms with Crippen molar-refractivity contribution in [1.82, 2.24) is 0 Å². The molecule has 0 saturated heterocycles. The molecule has 0 unspecified atom stereocenters. The van der Waals surface area contributed by atoms with Gasteiger partial charge in [-0.2, -0.15) is 0 Å². The molecule has 0 N–H and O–H groups in total. The van der Waals surface area contributed by atoms with Gasteiger partial charge in [-0.05, 0) is 108 Å². The molecule has 6 aromatic carbocycles. The normalized spacial score (nSPS) is 11.2. The van der Waals surface area contributed by atoms with E-state index in [4.69, 9.17) is 0 Å². The van der Waals surface area contributed by atoms with Crippen molar-refractivity contribution >= 4 is 59.0 Å². The van der Waals surface area contributed by atoms with Crippen molar-refractivity contribution in [3.8, 4) is 11.1 Å². The molecule has 0 heterocycles. The molecule has 2 nitrogen and oxygen atoms in total. The quantitative estimate of drug-likeness (QED) is 0.151. The van der Waals surface area contributed by atoms with E-state index in [-0.39, 0.29) is 0 Å². The van der Waals surface area contributed by atoms with Gasteiger partial charge < -0.3 is 9.80 Å². The number of nitrogens with zero attached hydrogens (tertiary/aromatic N) is 2. The third kappa shape index (κ3) is 6.52. The Hall–Kier alpha value is -4.22. The lowest BCUT2D eigenvalue weighted by molar-refractivity contribution is 1.13. The minimum absolute atomic E-state index is 0.850. The highest BCUT2D eigenvalue weighted by Crippen LogP contribution is 2.45. The number of aryl methyl sites for hydroxylation is 2. The van der Waals surface area contributed by atoms with Crippen LogP contribution in [-0.4, -0.2) is 28.2 Å². The van der Waals surface area contributed by atoms with Crippen LogP contribution < -0.4 is 41.6 Å². The number of hydrogen-bond donors (Lipinski definition) is 0. The average molecular weight is 637 g/mol. The molecule has 0 bridgehead atoms. The van der Waals surface area contributed by atoms with E-state index in [1.807, 2.05) is 0 Å². The molecule has 0 amide bonds. The zero-order chi connectivity index (χ0) is 32.2. The third-order valence-corrected chi connectivity index (χ3v) is 13.3. The monoisotopic (exact) mass is 636 g/mol. The molecule has 4 heteroatoms. The van der Waals surface area contributed by atoms with Gasteiger partial charge in [0.2, 0.25) is 0 Å². The Bertz CT molecular complexity index is 1680. The first-order valence-electron chi connectivity index (χ1n) is 15.8. The van der Waals surface area contributed by atoms with Gasteiger partial charge in [-0.3, -0.25) is 0 Å². The molecule has 0 atom stereocenters. The maximum absolute atomic E-state index is 2.46. The zero-order valence-electron chi connectivity index (χ0n) is 27.6. The third-order valence-electron chi connectivity index (χ3n) is 8.42. The van der Waals surface area contributed by atoms with E-state index in [9.17, 15) is 0 Å². The van der Waals surface area contributed by atoms with Gasteiger partial charge in [0.1, 0.15) is 0 Å². The van der Waals surface area contributed by atoms with Crippen LogP contribution in [0, 0.1) is 13.8 Å². The predicted molar refractivity (Wildman–Crippen MR) is 207 cm³/mol. The van der Waals surface area contributed by atoms with Crippen molar-refractivity contribution < 1.29 is 0 Å². The molecule has 0 fully saturated rings. The molecule has 0 aliphatic carbocycles. The standard InChI is InChI=1S/C42H42N2P2/c1-31-27-33(43(3)4)29-39(45(35-19-11-7-12-20-35)36-21-13-8-14-22-36)41(31)42-32(2)28-34(44(5)6)30-40(42)46(37-23-15-9-16-24-37)38-25-17-10-18-26-38/h7-30H,1-6H3. The topological polar surface area (TPSA) is 6.48 Å². The van der Waals surface area contributed by atoms with Crippen molar-refractivity contribution in [1.29, 1.82) is 0 Å². The Labute approximate surface area is 277 Å². The largest absolute Gasteiger partial charge is 0.378 e. The first-order valence-corrected chi connectivity index (χ1v) is 18.5. The molecule has 0 radical (unpaired) electrons. The first-order chi connectivity index (χ1) is 22.3. The number of anilines is 2. The van der Waals surface area contributed by atoms with Crippen LogP contribution in [0.4, 0.5) is 11.4 Å². The summed E-state index contributed by atoms with van der Waals surface area (Å²) in [5, 5.41) is 8.23. The molecule has 0 aliphatic heterocycles. The Morgan fingerprint density at radius 2 is 0.630 bits per heavy atom. The van der Waals surface area contributed by atoms with Crippen LogP contribution in [0.15, 0.2) is 146 Å². The van der Waals surface area contributed by atoms with Crippen LogP contribution in [0.25, 0.3) is 11.1 Å². The number of rotatable bonds is 9. The van der Waals surface area contributed by atoms with Gasteiger partial charge in [0.05, 0.1) is 0 Å². The summed E-state index contributed by atoms with van der Waals surface area (Å²) in [7, 11) is 6.90. The van der Waals surface area contributed by atoms with E-state index in [2.05, 4.69) is 197 Å². The van der Waals surface area contributed by atoms with E-state index >= 15 is 0 Å². The lowest BCUT2D eigenvalue weighted by atomic mass is 9.95. The molecular formula is C42H42N2P2. The smallest absolute Gasteiger partial charge is 0.0370 e. The van der Waals surface area contributed by atoms with Crippen LogP contribution in [0.3, 0.4) is 0 Å². The summed E-state index contributed by atoms with van der Waals surface area (Å²) < 4.78 is 0. The van der Waals surface area contributed by atoms with Crippen LogP contribution in [-0.2, 0) is 0 Å². The van der Waals surface area contributed by atoms with Gasteiger partial charge in [0.15, 0.2) is 0 Å². The van der Waals surface area contributed by atoms with Crippen molar-refractivity contribution in [2.24, 2.45) is 0 Å². The second kappa shape index (κ2) is 14.0. The van der Waals surface area contributed by atoms with Crippen molar-refractivity contribution in [3.63, 3.8) is 0 Å². The van der Waals surface area contributed by atoms with Gasteiger partial charge >= 0.3 is 0 Å². The van der Waals surface area contributed by atoms with E-state index < -0.39 is 15.8 Å². The highest BCUT2D eigenvalue weighted by Gasteiger charge is 2.29. The molecule has 6 aromatic rings. The Morgan fingerprint density at radius 1 is 0.370 bits per heavy atom. The second-order valence-electron chi connectivity index (χ2n) is 12.1. The van der Waals surface area contributed by atoms with E-state index in [0.717, 1.165) is 0 Å². The van der Waals surface area contributed by atoms with Crippen molar-refractivity contribution in [2.45, 2.75) is 13.8 Å². The Morgan fingerprint density at radius 3 is 0.870 bits per heavy atom. The van der Waals surface area contributed by atoms with E-state index in [0.29, 0.717) is 0 Å². The fourth-order valence-corrected chi connectivity index (χ4v) is 11.3. The maximum Gasteiger partial charge on any atom is 0.0370 e.